The maximum absolute atomic E-state index is 11.7. The summed E-state index contributed by atoms with van der Waals surface area (Å²) in [5.41, 5.74) is 1.05. The Kier molecular flexibility index (Phi) is 25.8. The molecule has 208 valence electrons. The average molecular weight is 556 g/mol. The summed E-state index contributed by atoms with van der Waals surface area (Å²) in [5.74, 6) is 2.51. The summed E-state index contributed by atoms with van der Waals surface area (Å²) in [6.07, 6.45) is 3.51. The molecular formula is C24H41BF3NO5S2. The van der Waals surface area contributed by atoms with Crippen LogP contribution in [0.5, 0.6) is 5.75 Å². The van der Waals surface area contributed by atoms with Gasteiger partial charge in [0.25, 0.3) is 0 Å². The smallest absolute Gasteiger partial charge is 0.494 e. The van der Waals surface area contributed by atoms with Crippen LogP contribution in [0.25, 0.3) is 0 Å². The summed E-state index contributed by atoms with van der Waals surface area (Å²) < 4.78 is 44.2. The molecule has 0 N–H and O–H groups in total. The lowest BCUT2D eigenvalue weighted by atomic mass is 10.1. The van der Waals surface area contributed by atoms with Crippen LogP contribution in [-0.2, 0) is 25.6 Å². The van der Waals surface area contributed by atoms with Crippen molar-refractivity contribution in [2.24, 2.45) is 0 Å². The molecule has 1 aliphatic rings. The lowest BCUT2D eigenvalue weighted by Crippen LogP contribution is -2.36. The van der Waals surface area contributed by atoms with Crippen molar-refractivity contribution in [1.82, 2.24) is 4.90 Å². The number of thiol groups is 2. The van der Waals surface area contributed by atoms with Gasteiger partial charge in [-0.15, -0.1) is 0 Å². The Balaban J connectivity index is 0. The first-order valence-electron chi connectivity index (χ1n) is 12.0. The van der Waals surface area contributed by atoms with Gasteiger partial charge in [-0.05, 0) is 55.9 Å². The van der Waals surface area contributed by atoms with E-state index in [1.807, 2.05) is 43.0 Å². The number of esters is 1. The van der Waals surface area contributed by atoms with Crippen LogP contribution in [0.1, 0.15) is 52.0 Å². The summed E-state index contributed by atoms with van der Waals surface area (Å²) in [7, 11) is -2.31. The predicted octanol–water partition coefficient (Wildman–Crippen LogP) is 5.34. The zero-order chi connectivity index (χ0) is 27.8. The third kappa shape index (κ3) is 20.8. The molecule has 1 aromatic rings. The fourth-order valence-electron chi connectivity index (χ4n) is 2.82. The van der Waals surface area contributed by atoms with Crippen molar-refractivity contribution >= 4 is 44.6 Å². The van der Waals surface area contributed by atoms with E-state index in [4.69, 9.17) is 14.2 Å². The Morgan fingerprint density at radius 3 is 2.00 bits per heavy atom. The standard InChI is InChI=1S/C17H23NO4.C4H10O.C3H8S2.BF3/c1-3-4-9-22-15-7-5-13(6-8-15)11-18-12-14(19)10-16(18)17(20)21-2;1-3-5-4-2;4-2-1-3-5;2-1(3)4/h5-8,16H,3-4,9-12H2,1-2H3;3-4H2,1-2H3;4-5H,1-3H2;/t16-;;;/m1.../s1. The first-order chi connectivity index (χ1) is 17.2. The monoisotopic (exact) mass is 555 g/mol. The molecule has 1 aliphatic heterocycles. The first-order valence-corrected chi connectivity index (χ1v) is 13.2. The molecule has 1 aromatic carbocycles. The van der Waals surface area contributed by atoms with Crippen LogP contribution >= 0.6 is 25.3 Å². The van der Waals surface area contributed by atoms with Crippen molar-refractivity contribution in [2.75, 3.05) is 45.0 Å². The number of ether oxygens (including phenoxy) is 3. The second kappa shape index (κ2) is 25.3. The van der Waals surface area contributed by atoms with E-state index in [1.54, 1.807) is 0 Å². The molecule has 36 heavy (non-hydrogen) atoms. The molecule has 1 atom stereocenters. The van der Waals surface area contributed by atoms with E-state index in [0.717, 1.165) is 61.9 Å². The number of halogens is 3. The highest BCUT2D eigenvalue weighted by Crippen LogP contribution is 2.20. The zero-order valence-corrected chi connectivity index (χ0v) is 23.5. The van der Waals surface area contributed by atoms with E-state index in [0.29, 0.717) is 13.1 Å². The molecule has 0 spiro atoms. The quantitative estimate of drug-likeness (QED) is 0.166. The lowest BCUT2D eigenvalue weighted by molar-refractivity contribution is -0.146. The van der Waals surface area contributed by atoms with Crippen LogP contribution in [-0.4, -0.2) is 75.2 Å². The van der Waals surface area contributed by atoms with Crippen LogP contribution in [0.3, 0.4) is 0 Å². The van der Waals surface area contributed by atoms with Gasteiger partial charge in [-0.3, -0.25) is 27.4 Å². The highest BCUT2D eigenvalue weighted by molar-refractivity contribution is 7.81. The third-order valence-corrected chi connectivity index (χ3v) is 5.15. The highest BCUT2D eigenvalue weighted by Gasteiger charge is 2.36. The van der Waals surface area contributed by atoms with E-state index in [1.165, 1.54) is 7.11 Å². The minimum Gasteiger partial charge on any atom is -0.494 e. The van der Waals surface area contributed by atoms with Crippen LogP contribution < -0.4 is 4.74 Å². The molecule has 1 fully saturated rings. The second-order valence-electron chi connectivity index (χ2n) is 7.36. The Labute approximate surface area is 225 Å². The van der Waals surface area contributed by atoms with E-state index < -0.39 is 13.6 Å². The molecule has 0 bridgehead atoms. The van der Waals surface area contributed by atoms with Gasteiger partial charge in [0.05, 0.1) is 20.3 Å². The maximum atomic E-state index is 11.7. The van der Waals surface area contributed by atoms with Crippen molar-refractivity contribution in [1.29, 1.82) is 0 Å². The number of hydrogen-bond donors (Lipinski definition) is 2. The summed E-state index contributed by atoms with van der Waals surface area (Å²) >= 11 is 7.90. The SMILES string of the molecule is CCCCOc1ccc(CN2CC(=O)C[C@@H]2C(=O)OC)cc1.CCOCC.FB(F)F.SCCCS. The van der Waals surface area contributed by atoms with Gasteiger partial charge in [0.1, 0.15) is 17.6 Å². The Morgan fingerprint density at radius 2 is 1.61 bits per heavy atom. The van der Waals surface area contributed by atoms with Gasteiger partial charge in [-0.1, -0.05) is 25.5 Å². The second-order valence-corrected chi connectivity index (χ2v) is 8.26. The van der Waals surface area contributed by atoms with Crippen LogP contribution in [0.15, 0.2) is 24.3 Å². The van der Waals surface area contributed by atoms with E-state index in [-0.39, 0.29) is 18.2 Å². The number of Topliss-reactive ketones (excluding diaryl/α,β-unsaturated/α-hetero) is 1. The number of carbonyl (C=O) groups excluding carboxylic acids is 2. The number of hydrogen-bond acceptors (Lipinski definition) is 8. The Hall–Kier alpha value is -1.37. The third-order valence-electron chi connectivity index (χ3n) is 4.51. The molecule has 0 aliphatic carbocycles. The molecule has 1 saturated heterocycles. The number of rotatable bonds is 11. The summed E-state index contributed by atoms with van der Waals surface area (Å²) in [6.45, 7) is 9.37. The van der Waals surface area contributed by atoms with E-state index in [2.05, 4.69) is 32.2 Å². The Bertz CT molecular complexity index is 663. The van der Waals surface area contributed by atoms with Crippen molar-refractivity contribution in [3.05, 3.63) is 29.8 Å². The average Bonchev–Trinajstić information content (AvgIpc) is 3.21. The van der Waals surface area contributed by atoms with Gasteiger partial charge >= 0.3 is 13.5 Å². The van der Waals surface area contributed by atoms with Gasteiger partial charge in [0, 0.05) is 26.2 Å². The van der Waals surface area contributed by atoms with Gasteiger partial charge in [-0.2, -0.15) is 25.3 Å². The number of ketones is 1. The van der Waals surface area contributed by atoms with Gasteiger partial charge < -0.3 is 14.2 Å². The van der Waals surface area contributed by atoms with E-state index in [9.17, 15) is 22.5 Å². The molecule has 2 rings (SSSR count). The topological polar surface area (TPSA) is 65.1 Å². The Morgan fingerprint density at radius 1 is 1.06 bits per heavy atom. The summed E-state index contributed by atoms with van der Waals surface area (Å²) in [6, 6.07) is 7.33. The summed E-state index contributed by atoms with van der Waals surface area (Å²) in [4.78, 5) is 25.2. The summed E-state index contributed by atoms with van der Waals surface area (Å²) in [5, 5.41) is 0. The minimum absolute atomic E-state index is 0.0786. The molecule has 6 nitrogen and oxygen atoms in total. The van der Waals surface area contributed by atoms with Crippen LogP contribution in [0.4, 0.5) is 12.9 Å². The molecule has 0 unspecified atom stereocenters. The maximum Gasteiger partial charge on any atom is 0.762 e. The van der Waals surface area contributed by atoms with Gasteiger partial charge in [0.2, 0.25) is 0 Å². The number of unbranched alkanes of at least 4 members (excludes halogenated alkanes) is 1. The number of nitrogens with zero attached hydrogens (tertiary/aromatic N) is 1. The molecule has 0 saturated carbocycles. The van der Waals surface area contributed by atoms with Crippen molar-refractivity contribution < 1.29 is 36.7 Å². The molecule has 12 heteroatoms. The van der Waals surface area contributed by atoms with Crippen molar-refractivity contribution in [3.63, 3.8) is 0 Å². The predicted molar refractivity (Wildman–Crippen MR) is 146 cm³/mol. The number of methoxy groups -OCH3 is 1. The molecule has 0 aromatic heterocycles. The fourth-order valence-corrected chi connectivity index (χ4v) is 3.38. The first kappa shape index (κ1) is 36.8. The zero-order valence-electron chi connectivity index (χ0n) is 21.8. The fraction of sp³-hybridized carbons (Fsp3) is 0.667. The van der Waals surface area contributed by atoms with Crippen molar-refractivity contribution in [3.8, 4) is 5.75 Å². The molecule has 0 radical (unpaired) electrons. The molecule has 1 heterocycles. The number of likely N-dealkylation sites (tertiary alicyclic amines) is 1. The van der Waals surface area contributed by atoms with Gasteiger partial charge in [0.15, 0.2) is 0 Å². The molecular weight excluding hydrogens is 514 g/mol. The highest BCUT2D eigenvalue weighted by atomic mass is 32.1. The number of benzene rings is 1. The van der Waals surface area contributed by atoms with Crippen molar-refractivity contribution in [2.45, 2.75) is 59.0 Å². The molecule has 0 amide bonds. The van der Waals surface area contributed by atoms with Crippen LogP contribution in [0, 0.1) is 0 Å². The normalized spacial score (nSPS) is 14.4. The largest absolute Gasteiger partial charge is 0.762 e. The van der Waals surface area contributed by atoms with Gasteiger partial charge in [-0.25, -0.2) is 0 Å². The number of carbonyl (C=O) groups is 2. The van der Waals surface area contributed by atoms with Crippen LogP contribution in [0.2, 0.25) is 0 Å². The minimum atomic E-state index is -3.67. The van der Waals surface area contributed by atoms with E-state index >= 15 is 0 Å². The lowest BCUT2D eigenvalue weighted by Gasteiger charge is -2.21.